The summed E-state index contributed by atoms with van der Waals surface area (Å²) >= 11 is 0. The van der Waals surface area contributed by atoms with Crippen LogP contribution in [-0.2, 0) is 56.9 Å². The smallest absolute Gasteiger partial charge is 0.305 e. The summed E-state index contributed by atoms with van der Waals surface area (Å²) < 4.78 is 59.5. The van der Waals surface area contributed by atoms with Crippen molar-refractivity contribution in [1.82, 2.24) is 0 Å². The van der Waals surface area contributed by atoms with Crippen LogP contribution in [0.3, 0.4) is 0 Å². The lowest BCUT2D eigenvalue weighted by Crippen LogP contribution is -2.15. The van der Waals surface area contributed by atoms with Crippen molar-refractivity contribution in [2.45, 2.75) is 39.0 Å². The molecule has 0 saturated heterocycles. The van der Waals surface area contributed by atoms with Crippen LogP contribution in [0.2, 0.25) is 0 Å². The van der Waals surface area contributed by atoms with Gasteiger partial charge in [-0.25, -0.2) is 0 Å². The van der Waals surface area contributed by atoms with Gasteiger partial charge in [-0.05, 0) is 6.42 Å². The molecule has 0 aliphatic carbocycles. The van der Waals surface area contributed by atoms with Gasteiger partial charge in [0.25, 0.3) is 0 Å². The normalized spacial score (nSPS) is 11.5. The van der Waals surface area contributed by atoms with Crippen molar-refractivity contribution in [3.8, 4) is 0 Å². The third kappa shape index (κ3) is 39.0. The molecule has 0 aromatic heterocycles. The highest BCUT2D eigenvalue weighted by Gasteiger charge is 1.98. The Hall–Kier alpha value is -0.970. The van der Waals surface area contributed by atoms with E-state index in [0.29, 0.717) is 132 Å². The second-order valence-electron chi connectivity index (χ2n) is 8.94. The molecule has 0 aliphatic rings. The van der Waals surface area contributed by atoms with Crippen LogP contribution in [0.15, 0.2) is 0 Å². The Morgan fingerprint density at radius 2 is 0.595 bits per heavy atom. The first-order valence-electron chi connectivity index (χ1n) is 15.3. The average Bonchev–Trinajstić information content (AvgIpc) is 2.98. The number of aliphatic carboxylic acids is 1. The Morgan fingerprint density at radius 1 is 0.357 bits per heavy atom. The van der Waals surface area contributed by atoms with Gasteiger partial charge in [-0.3, -0.25) is 4.79 Å². The van der Waals surface area contributed by atoms with Gasteiger partial charge in [-0.1, -0.05) is 26.2 Å². The number of hydrogen-bond acceptors (Lipinski definition) is 12. The summed E-state index contributed by atoms with van der Waals surface area (Å²) in [7, 11) is 0. The summed E-state index contributed by atoms with van der Waals surface area (Å²) in [5, 5.41) is 8.48. The highest BCUT2D eigenvalue weighted by molar-refractivity contribution is 5.66. The first-order valence-corrected chi connectivity index (χ1v) is 15.3. The zero-order chi connectivity index (χ0) is 30.4. The van der Waals surface area contributed by atoms with Crippen LogP contribution >= 0.6 is 0 Å². The fourth-order valence-corrected chi connectivity index (χ4v) is 3.09. The van der Waals surface area contributed by atoms with Gasteiger partial charge in [0.05, 0.1) is 145 Å². The molecule has 0 heterocycles. The SMILES string of the molecule is CCCCCCOCCOCCOCCOCCOCCOCCOCCOCCOCCOCCOCCC(=O)O. The molecule has 13 nitrogen and oxygen atoms in total. The highest BCUT2D eigenvalue weighted by Crippen LogP contribution is 1.98. The lowest BCUT2D eigenvalue weighted by molar-refractivity contribution is -0.138. The van der Waals surface area contributed by atoms with E-state index >= 15 is 0 Å². The fourth-order valence-electron chi connectivity index (χ4n) is 3.09. The van der Waals surface area contributed by atoms with Crippen molar-refractivity contribution < 1.29 is 62.0 Å². The largest absolute Gasteiger partial charge is 0.481 e. The van der Waals surface area contributed by atoms with Gasteiger partial charge < -0.3 is 57.2 Å². The molecule has 0 aromatic rings. The Bertz CT molecular complexity index is 514. The molecular weight excluding hydrogens is 556 g/mol. The van der Waals surface area contributed by atoms with Crippen molar-refractivity contribution in [3.63, 3.8) is 0 Å². The predicted octanol–water partition coefficient (Wildman–Crippen LogP) is 2.22. The number of carboxylic acid groups (broad SMARTS) is 1. The van der Waals surface area contributed by atoms with Crippen LogP contribution in [0, 0.1) is 0 Å². The monoisotopic (exact) mass is 614 g/mol. The lowest BCUT2D eigenvalue weighted by atomic mass is 10.2. The summed E-state index contributed by atoms with van der Waals surface area (Å²) in [6.45, 7) is 13.3. The van der Waals surface area contributed by atoms with Gasteiger partial charge >= 0.3 is 5.97 Å². The van der Waals surface area contributed by atoms with Gasteiger partial charge in [-0.2, -0.15) is 0 Å². The first-order chi connectivity index (χ1) is 20.8. The third-order valence-electron chi connectivity index (χ3n) is 5.32. The van der Waals surface area contributed by atoms with Crippen molar-refractivity contribution in [2.24, 2.45) is 0 Å². The van der Waals surface area contributed by atoms with Crippen molar-refractivity contribution >= 4 is 5.97 Å². The topological polar surface area (TPSA) is 139 Å². The predicted molar refractivity (Wildman–Crippen MR) is 155 cm³/mol. The Kier molecular flexibility index (Phi) is 37.2. The van der Waals surface area contributed by atoms with E-state index in [1.54, 1.807) is 0 Å². The number of rotatable bonds is 38. The minimum Gasteiger partial charge on any atom is -0.481 e. The van der Waals surface area contributed by atoms with E-state index in [2.05, 4.69) is 6.92 Å². The minimum atomic E-state index is -0.872. The Balaban J connectivity index is 3.03. The second kappa shape index (κ2) is 38.1. The summed E-state index contributed by atoms with van der Waals surface area (Å²) in [4.78, 5) is 10.3. The molecule has 0 unspecified atom stereocenters. The molecule has 252 valence electrons. The second-order valence-corrected chi connectivity index (χ2v) is 8.94. The zero-order valence-corrected chi connectivity index (χ0v) is 25.9. The van der Waals surface area contributed by atoms with E-state index < -0.39 is 5.97 Å². The van der Waals surface area contributed by atoms with Gasteiger partial charge in [0.1, 0.15) is 0 Å². The highest BCUT2D eigenvalue weighted by atomic mass is 16.6. The first kappa shape index (κ1) is 41.0. The molecule has 1 N–H and O–H groups in total. The Morgan fingerprint density at radius 3 is 0.833 bits per heavy atom. The molecule has 0 atom stereocenters. The molecule has 0 amide bonds. The molecule has 0 spiro atoms. The molecule has 0 bridgehead atoms. The van der Waals surface area contributed by atoms with Crippen LogP contribution in [0.5, 0.6) is 0 Å². The van der Waals surface area contributed by atoms with E-state index in [0.717, 1.165) is 13.0 Å². The lowest BCUT2D eigenvalue weighted by Gasteiger charge is -2.09. The number of carbonyl (C=O) groups is 1. The summed E-state index contributed by atoms with van der Waals surface area (Å²) in [6.07, 6.45) is 4.88. The molecular formula is C29H58O13. The number of carboxylic acids is 1. The maximum Gasteiger partial charge on any atom is 0.305 e. The molecule has 13 heteroatoms. The number of ether oxygens (including phenoxy) is 11. The number of hydrogen-bond donors (Lipinski definition) is 1. The average molecular weight is 615 g/mol. The van der Waals surface area contributed by atoms with E-state index in [1.807, 2.05) is 0 Å². The summed E-state index contributed by atoms with van der Waals surface area (Å²) in [6, 6.07) is 0. The van der Waals surface area contributed by atoms with Crippen molar-refractivity contribution in [3.05, 3.63) is 0 Å². The van der Waals surface area contributed by atoms with Crippen LogP contribution in [0.4, 0.5) is 0 Å². The molecule has 0 fully saturated rings. The van der Waals surface area contributed by atoms with Crippen LogP contribution in [0.25, 0.3) is 0 Å². The van der Waals surface area contributed by atoms with E-state index in [1.165, 1.54) is 19.3 Å². The maximum atomic E-state index is 10.3. The fraction of sp³-hybridized carbons (Fsp3) is 0.966. The Labute approximate surface area is 252 Å². The van der Waals surface area contributed by atoms with Gasteiger partial charge in [0.15, 0.2) is 0 Å². The van der Waals surface area contributed by atoms with Crippen LogP contribution < -0.4 is 0 Å². The molecule has 0 saturated carbocycles. The van der Waals surface area contributed by atoms with E-state index in [9.17, 15) is 4.79 Å². The quantitative estimate of drug-likeness (QED) is 0.102. The van der Waals surface area contributed by atoms with Crippen molar-refractivity contribution in [2.75, 3.05) is 145 Å². The zero-order valence-electron chi connectivity index (χ0n) is 25.9. The standard InChI is InChI=1S/C29H58O13/c1-2-3-4-5-7-32-9-11-34-13-15-36-17-19-38-21-23-40-25-27-42-28-26-41-24-22-39-20-18-37-16-14-35-12-10-33-8-6-29(30)31/h2-28H2,1H3,(H,30,31). The minimum absolute atomic E-state index is 0.000664. The molecule has 0 rings (SSSR count). The van der Waals surface area contributed by atoms with E-state index in [4.69, 9.17) is 57.2 Å². The summed E-state index contributed by atoms with van der Waals surface area (Å²) in [5.74, 6) is -0.872. The third-order valence-corrected chi connectivity index (χ3v) is 5.32. The van der Waals surface area contributed by atoms with E-state index in [-0.39, 0.29) is 13.0 Å². The maximum absolute atomic E-state index is 10.3. The number of unbranched alkanes of at least 4 members (excludes halogenated alkanes) is 3. The van der Waals surface area contributed by atoms with Gasteiger partial charge in [0.2, 0.25) is 0 Å². The molecule has 42 heavy (non-hydrogen) atoms. The van der Waals surface area contributed by atoms with Gasteiger partial charge in [-0.15, -0.1) is 0 Å². The molecule has 0 aliphatic heterocycles. The van der Waals surface area contributed by atoms with Gasteiger partial charge in [0, 0.05) is 6.61 Å². The molecule has 0 aromatic carbocycles. The summed E-state index contributed by atoms with van der Waals surface area (Å²) in [5.41, 5.74) is 0. The van der Waals surface area contributed by atoms with Crippen LogP contribution in [0.1, 0.15) is 39.0 Å². The van der Waals surface area contributed by atoms with Crippen LogP contribution in [-0.4, -0.2) is 156 Å². The van der Waals surface area contributed by atoms with Crippen molar-refractivity contribution in [1.29, 1.82) is 0 Å². The molecule has 0 radical (unpaired) electrons.